The molecule has 1 saturated carbocycles. The summed E-state index contributed by atoms with van der Waals surface area (Å²) in [4.78, 5) is 34.7. The first-order valence-corrected chi connectivity index (χ1v) is 5.86. The number of hydrogen-bond acceptors (Lipinski definition) is 3. The maximum absolute atomic E-state index is 11.8. The van der Waals surface area contributed by atoms with Crippen molar-refractivity contribution in [2.24, 2.45) is 17.8 Å². The molecule has 6 nitrogen and oxygen atoms in total. The lowest BCUT2D eigenvalue weighted by molar-refractivity contribution is -0.166. The number of likely N-dealkylation sites (tertiary alicyclic amines) is 1. The number of aliphatic carboxylic acids is 1. The highest BCUT2D eigenvalue weighted by Gasteiger charge is 2.57. The molecule has 2 N–H and O–H groups in total. The fourth-order valence-electron chi connectivity index (χ4n) is 3.18. The third kappa shape index (κ3) is 1.77. The number of carbonyl (C=O) groups excluding carboxylic acids is 1. The summed E-state index contributed by atoms with van der Waals surface area (Å²) >= 11 is 0. The maximum Gasteiger partial charge on any atom is 0.414 e. The summed E-state index contributed by atoms with van der Waals surface area (Å²) in [6.07, 6.45) is 1.23. The van der Waals surface area contributed by atoms with Crippen LogP contribution in [0, 0.1) is 17.8 Å². The van der Waals surface area contributed by atoms with Crippen molar-refractivity contribution in [3.8, 4) is 0 Å². The molecule has 2 rings (SSSR count). The van der Waals surface area contributed by atoms with E-state index < -0.39 is 29.9 Å². The summed E-state index contributed by atoms with van der Waals surface area (Å²) in [5.41, 5.74) is 0. The van der Waals surface area contributed by atoms with Crippen molar-refractivity contribution in [2.45, 2.75) is 25.3 Å². The number of imide groups is 1. The Hall–Kier alpha value is -1.85. The smallest absolute Gasteiger partial charge is 0.414 e. The summed E-state index contributed by atoms with van der Waals surface area (Å²) < 4.78 is 0. The molecule has 3 unspecified atom stereocenters. The molecule has 0 aromatic heterocycles. The third-order valence-electron chi connectivity index (χ3n) is 3.98. The first kappa shape index (κ1) is 12.6. The molecule has 0 spiro atoms. The minimum Gasteiger partial charge on any atom is -0.481 e. The highest BCUT2D eigenvalue weighted by molar-refractivity contribution is 5.93. The van der Waals surface area contributed by atoms with E-state index in [-0.39, 0.29) is 24.7 Å². The second-order valence-corrected chi connectivity index (χ2v) is 4.86. The van der Waals surface area contributed by atoms with Gasteiger partial charge in [-0.15, -0.1) is 6.58 Å². The Balaban J connectivity index is 2.24. The van der Waals surface area contributed by atoms with E-state index in [0.29, 0.717) is 6.42 Å². The Morgan fingerprint density at radius 1 is 1.44 bits per heavy atom. The Labute approximate surface area is 104 Å². The highest BCUT2D eigenvalue weighted by atomic mass is 16.4. The molecular weight excluding hydrogens is 238 g/mol. The Kier molecular flexibility index (Phi) is 3.11. The molecule has 98 valence electrons. The first-order chi connectivity index (χ1) is 8.47. The lowest BCUT2D eigenvalue weighted by Crippen LogP contribution is -2.64. The second-order valence-electron chi connectivity index (χ2n) is 4.86. The van der Waals surface area contributed by atoms with Gasteiger partial charge in [-0.2, -0.15) is 0 Å². The number of nitrogens with zero attached hydrogens (tertiary/aromatic N) is 1. The monoisotopic (exact) mass is 253 g/mol. The van der Waals surface area contributed by atoms with Crippen LogP contribution in [0.4, 0.5) is 4.79 Å². The van der Waals surface area contributed by atoms with Crippen LogP contribution in [0.15, 0.2) is 12.7 Å². The molecule has 2 aliphatic rings. The summed E-state index contributed by atoms with van der Waals surface area (Å²) in [5.74, 6) is -2.26. The Morgan fingerprint density at radius 2 is 2.11 bits per heavy atom. The fraction of sp³-hybridized carbons (Fsp3) is 0.583. The molecule has 6 heteroatoms. The molecule has 2 fully saturated rings. The number of allylic oxidation sites excluding steroid dienone is 1. The third-order valence-corrected chi connectivity index (χ3v) is 3.98. The van der Waals surface area contributed by atoms with Gasteiger partial charge in [0, 0.05) is 12.5 Å². The van der Waals surface area contributed by atoms with E-state index in [1.165, 1.54) is 0 Å². The minimum atomic E-state index is -1.28. The Bertz CT molecular complexity index is 419. The molecule has 1 aliphatic heterocycles. The van der Waals surface area contributed by atoms with Gasteiger partial charge in [0.15, 0.2) is 0 Å². The van der Waals surface area contributed by atoms with E-state index in [1.54, 1.807) is 6.08 Å². The van der Waals surface area contributed by atoms with Crippen molar-refractivity contribution >= 4 is 18.0 Å². The van der Waals surface area contributed by atoms with E-state index in [9.17, 15) is 14.4 Å². The molecule has 1 saturated heterocycles. The summed E-state index contributed by atoms with van der Waals surface area (Å²) in [6.45, 7) is 3.60. The maximum atomic E-state index is 11.8. The molecule has 1 heterocycles. The second kappa shape index (κ2) is 4.44. The van der Waals surface area contributed by atoms with Crippen molar-refractivity contribution in [1.82, 2.24) is 4.90 Å². The van der Waals surface area contributed by atoms with Crippen molar-refractivity contribution in [2.75, 3.05) is 0 Å². The average Bonchev–Trinajstić information content (AvgIpc) is 2.20. The molecule has 0 radical (unpaired) electrons. The average molecular weight is 253 g/mol. The summed E-state index contributed by atoms with van der Waals surface area (Å²) in [5, 5.41) is 18.1. The molecule has 4 atom stereocenters. The normalized spacial score (nSPS) is 34.4. The van der Waals surface area contributed by atoms with Crippen LogP contribution in [0.25, 0.3) is 0 Å². The van der Waals surface area contributed by atoms with E-state index in [2.05, 4.69) is 6.58 Å². The predicted molar refractivity (Wildman–Crippen MR) is 60.8 cm³/mol. The van der Waals surface area contributed by atoms with Gasteiger partial charge in [-0.3, -0.25) is 9.59 Å². The van der Waals surface area contributed by atoms with Gasteiger partial charge in [-0.1, -0.05) is 6.08 Å². The van der Waals surface area contributed by atoms with Crippen LogP contribution in [-0.2, 0) is 9.59 Å². The number of piperidine rings is 1. The van der Waals surface area contributed by atoms with Gasteiger partial charge < -0.3 is 10.2 Å². The van der Waals surface area contributed by atoms with Crippen LogP contribution in [-0.4, -0.2) is 39.1 Å². The number of carboxylic acid groups (broad SMARTS) is 2. The van der Waals surface area contributed by atoms with Gasteiger partial charge in [-0.05, 0) is 24.7 Å². The number of hydrogen-bond donors (Lipinski definition) is 2. The van der Waals surface area contributed by atoms with Gasteiger partial charge in [0.2, 0.25) is 5.91 Å². The standard InChI is InChI=1S/C12H15NO5/c1-2-3-6-4-9(14)13(12(17)18)8-5-7(10(6)8)11(15)16/h2,6-8,10H,1,3-5H2,(H,15,16)(H,17,18)/t6?,7?,8-,10?/m0/s1. The van der Waals surface area contributed by atoms with Gasteiger partial charge in [-0.25, -0.2) is 9.69 Å². The van der Waals surface area contributed by atoms with E-state index >= 15 is 0 Å². The predicted octanol–water partition coefficient (Wildman–Crippen LogP) is 1.18. The fourth-order valence-corrected chi connectivity index (χ4v) is 3.18. The van der Waals surface area contributed by atoms with Crippen LogP contribution in [0.3, 0.4) is 0 Å². The summed E-state index contributed by atoms with van der Waals surface area (Å²) in [7, 11) is 0. The number of rotatable bonds is 3. The zero-order chi connectivity index (χ0) is 13.4. The van der Waals surface area contributed by atoms with Crippen molar-refractivity contribution in [3.63, 3.8) is 0 Å². The van der Waals surface area contributed by atoms with Crippen LogP contribution in [0.2, 0.25) is 0 Å². The van der Waals surface area contributed by atoms with Gasteiger partial charge in [0.05, 0.1) is 5.92 Å². The van der Waals surface area contributed by atoms with Gasteiger partial charge in [0.1, 0.15) is 0 Å². The molecule has 0 bridgehead atoms. The van der Waals surface area contributed by atoms with E-state index in [0.717, 1.165) is 4.90 Å². The number of fused-ring (bicyclic) bond motifs is 1. The summed E-state index contributed by atoms with van der Waals surface area (Å²) in [6, 6.07) is -0.477. The van der Waals surface area contributed by atoms with Crippen molar-refractivity contribution in [3.05, 3.63) is 12.7 Å². The SMILES string of the molecule is C=CCC1CC(=O)N(C(=O)O)[C@H]2CC(C(=O)O)C12. The van der Waals surface area contributed by atoms with E-state index in [1.807, 2.05) is 0 Å². The van der Waals surface area contributed by atoms with Crippen LogP contribution < -0.4 is 0 Å². The van der Waals surface area contributed by atoms with Gasteiger partial charge >= 0.3 is 12.1 Å². The molecule has 0 aromatic carbocycles. The van der Waals surface area contributed by atoms with Gasteiger partial charge in [0.25, 0.3) is 0 Å². The molecule has 0 aromatic rings. The lowest BCUT2D eigenvalue weighted by atomic mass is 9.59. The highest BCUT2D eigenvalue weighted by Crippen LogP contribution is 2.49. The van der Waals surface area contributed by atoms with Crippen LogP contribution in [0.1, 0.15) is 19.3 Å². The van der Waals surface area contributed by atoms with Crippen LogP contribution in [0.5, 0.6) is 0 Å². The quantitative estimate of drug-likeness (QED) is 0.736. The van der Waals surface area contributed by atoms with Crippen molar-refractivity contribution in [1.29, 1.82) is 0 Å². The molecular formula is C12H15NO5. The minimum absolute atomic E-state index is 0.0866. The Morgan fingerprint density at radius 3 is 2.61 bits per heavy atom. The number of carboxylic acids is 1. The number of amides is 2. The number of carbonyl (C=O) groups is 3. The topological polar surface area (TPSA) is 94.9 Å². The van der Waals surface area contributed by atoms with E-state index in [4.69, 9.17) is 10.2 Å². The first-order valence-electron chi connectivity index (χ1n) is 5.86. The lowest BCUT2D eigenvalue weighted by Gasteiger charge is -2.53. The molecule has 1 aliphatic carbocycles. The van der Waals surface area contributed by atoms with Crippen LogP contribution >= 0.6 is 0 Å². The zero-order valence-corrected chi connectivity index (χ0v) is 9.78. The zero-order valence-electron chi connectivity index (χ0n) is 9.78. The van der Waals surface area contributed by atoms with Crippen molar-refractivity contribution < 1.29 is 24.6 Å². The largest absolute Gasteiger partial charge is 0.481 e. The molecule has 2 amide bonds. The molecule has 18 heavy (non-hydrogen) atoms.